The molecule has 0 aliphatic heterocycles. The van der Waals surface area contributed by atoms with Crippen molar-refractivity contribution in [3.63, 3.8) is 0 Å². The smallest absolute Gasteiger partial charge is 0.191 e. The lowest BCUT2D eigenvalue weighted by Crippen LogP contribution is -2.38. The van der Waals surface area contributed by atoms with Crippen molar-refractivity contribution in [2.75, 3.05) is 26.0 Å². The summed E-state index contributed by atoms with van der Waals surface area (Å²) >= 11 is 0. The largest absolute Gasteiger partial charge is 0.494 e. The molecule has 0 saturated heterocycles. The Morgan fingerprint density at radius 2 is 1.69 bits per heavy atom. The summed E-state index contributed by atoms with van der Waals surface area (Å²) in [5, 5.41) is 8.90. The van der Waals surface area contributed by atoms with Crippen LogP contribution in [0.4, 0.5) is 0 Å². The molecule has 3 aromatic carbocycles. The topological polar surface area (TPSA) is 79.8 Å². The molecule has 0 aromatic heterocycles. The molecule has 0 radical (unpaired) electrons. The van der Waals surface area contributed by atoms with Crippen LogP contribution in [0.15, 0.2) is 76.6 Å². The van der Waals surface area contributed by atoms with E-state index >= 15 is 0 Å². The van der Waals surface area contributed by atoms with Gasteiger partial charge in [-0.25, -0.2) is 13.4 Å². The summed E-state index contributed by atoms with van der Waals surface area (Å²) in [7, 11) is -3.18. The van der Waals surface area contributed by atoms with Crippen molar-refractivity contribution in [1.82, 2.24) is 10.6 Å². The fraction of sp³-hybridized carbons (Fsp3) is 0.292. The molecule has 0 unspecified atom stereocenters. The average molecular weight is 567 g/mol. The maximum absolute atomic E-state index is 11.6. The highest BCUT2D eigenvalue weighted by atomic mass is 127. The van der Waals surface area contributed by atoms with Gasteiger partial charge in [0.2, 0.25) is 0 Å². The summed E-state index contributed by atoms with van der Waals surface area (Å²) in [5.41, 5.74) is 0.948. The van der Waals surface area contributed by atoms with Gasteiger partial charge >= 0.3 is 0 Å². The molecule has 0 fully saturated rings. The predicted molar refractivity (Wildman–Crippen MR) is 142 cm³/mol. The van der Waals surface area contributed by atoms with E-state index in [-0.39, 0.29) is 24.0 Å². The zero-order valence-electron chi connectivity index (χ0n) is 18.4. The van der Waals surface area contributed by atoms with E-state index in [9.17, 15) is 8.42 Å². The number of sulfone groups is 1. The first-order chi connectivity index (χ1) is 15.0. The minimum absolute atomic E-state index is 0. The number of nitrogens with one attached hydrogen (secondary N) is 2. The third-order valence-electron chi connectivity index (χ3n) is 4.72. The number of nitrogens with zero attached hydrogens (tertiary/aromatic N) is 1. The first-order valence-electron chi connectivity index (χ1n) is 10.4. The molecule has 6 nitrogen and oxygen atoms in total. The van der Waals surface area contributed by atoms with Crippen molar-refractivity contribution in [3.8, 4) is 5.75 Å². The molecule has 0 atom stereocenters. The number of hydrogen-bond donors (Lipinski definition) is 2. The summed E-state index contributed by atoms with van der Waals surface area (Å²) in [6, 6.07) is 21.2. The first-order valence-corrected chi connectivity index (χ1v) is 12.3. The van der Waals surface area contributed by atoms with E-state index in [1.165, 1.54) is 17.0 Å². The van der Waals surface area contributed by atoms with E-state index < -0.39 is 9.84 Å². The standard InChI is InChI=1S/C24H29N3O3S.HI/c1-3-25-24(27-18-19-9-13-23(14-10-19)31(2,28)29)26-15-6-16-30-22-12-11-20-7-4-5-8-21(20)17-22;/h4-5,7-14,17H,3,6,15-16,18H2,1-2H3,(H2,25,26,27);1H. The molecule has 0 heterocycles. The molecule has 0 saturated carbocycles. The van der Waals surface area contributed by atoms with Crippen LogP contribution < -0.4 is 15.4 Å². The van der Waals surface area contributed by atoms with Gasteiger partial charge in [0, 0.05) is 19.3 Å². The Kier molecular flexibility index (Phi) is 10.2. The number of hydrogen-bond acceptors (Lipinski definition) is 4. The van der Waals surface area contributed by atoms with Crippen molar-refractivity contribution in [2.24, 2.45) is 4.99 Å². The molecule has 0 amide bonds. The molecule has 32 heavy (non-hydrogen) atoms. The lowest BCUT2D eigenvalue weighted by atomic mass is 10.1. The van der Waals surface area contributed by atoms with Gasteiger partial charge in [-0.05, 0) is 53.9 Å². The molecule has 0 aliphatic rings. The van der Waals surface area contributed by atoms with Crippen LogP contribution in [0.5, 0.6) is 5.75 Å². The average Bonchev–Trinajstić information content (AvgIpc) is 2.76. The Morgan fingerprint density at radius 1 is 0.969 bits per heavy atom. The Balaban J connectivity index is 0.00000363. The summed E-state index contributed by atoms with van der Waals surface area (Å²) in [4.78, 5) is 4.89. The van der Waals surface area contributed by atoms with Crippen LogP contribution >= 0.6 is 24.0 Å². The van der Waals surface area contributed by atoms with Crippen molar-refractivity contribution in [1.29, 1.82) is 0 Å². The highest BCUT2D eigenvalue weighted by Crippen LogP contribution is 2.20. The number of fused-ring (bicyclic) bond motifs is 1. The van der Waals surface area contributed by atoms with Crippen molar-refractivity contribution in [3.05, 3.63) is 72.3 Å². The second-order valence-electron chi connectivity index (χ2n) is 7.25. The van der Waals surface area contributed by atoms with Crippen LogP contribution in [-0.4, -0.2) is 40.3 Å². The lowest BCUT2D eigenvalue weighted by molar-refractivity contribution is 0.311. The van der Waals surface area contributed by atoms with Gasteiger partial charge in [0.1, 0.15) is 5.75 Å². The third kappa shape index (κ3) is 7.98. The molecular formula is C24H30IN3O3S. The highest BCUT2D eigenvalue weighted by molar-refractivity contribution is 14.0. The van der Waals surface area contributed by atoms with Gasteiger partial charge in [0.15, 0.2) is 15.8 Å². The van der Waals surface area contributed by atoms with E-state index in [0.29, 0.717) is 18.0 Å². The number of halogens is 1. The van der Waals surface area contributed by atoms with Gasteiger partial charge in [-0.2, -0.15) is 0 Å². The van der Waals surface area contributed by atoms with Crippen molar-refractivity contribution >= 4 is 50.5 Å². The molecule has 172 valence electrons. The van der Waals surface area contributed by atoms with Gasteiger partial charge in [-0.1, -0.05) is 42.5 Å². The Morgan fingerprint density at radius 3 is 2.38 bits per heavy atom. The normalized spacial score (nSPS) is 11.6. The maximum Gasteiger partial charge on any atom is 0.191 e. The number of guanidine groups is 1. The number of aliphatic imine (C=N–C) groups is 1. The van der Waals surface area contributed by atoms with Gasteiger partial charge in [0.05, 0.1) is 18.0 Å². The van der Waals surface area contributed by atoms with Crippen molar-refractivity contribution < 1.29 is 13.2 Å². The molecule has 8 heteroatoms. The lowest BCUT2D eigenvalue weighted by Gasteiger charge is -2.12. The van der Waals surface area contributed by atoms with Crippen LogP contribution in [0.25, 0.3) is 10.8 Å². The molecule has 2 N–H and O–H groups in total. The van der Waals surface area contributed by atoms with Crippen LogP contribution in [0.2, 0.25) is 0 Å². The van der Waals surface area contributed by atoms with Crippen LogP contribution in [0, 0.1) is 0 Å². The summed E-state index contributed by atoms with van der Waals surface area (Å²) in [6.45, 7) is 4.57. The molecule has 0 spiro atoms. The van der Waals surface area contributed by atoms with E-state index in [2.05, 4.69) is 39.9 Å². The van der Waals surface area contributed by atoms with E-state index in [0.717, 1.165) is 36.8 Å². The molecule has 0 aliphatic carbocycles. The minimum atomic E-state index is -3.18. The van der Waals surface area contributed by atoms with Gasteiger partial charge in [-0.3, -0.25) is 0 Å². The predicted octanol–water partition coefficient (Wildman–Crippen LogP) is 4.39. The fourth-order valence-corrected chi connectivity index (χ4v) is 3.71. The maximum atomic E-state index is 11.6. The second-order valence-corrected chi connectivity index (χ2v) is 9.26. The zero-order valence-corrected chi connectivity index (χ0v) is 21.5. The van der Waals surface area contributed by atoms with E-state index in [4.69, 9.17) is 4.74 Å². The molecular weight excluding hydrogens is 537 g/mol. The van der Waals surface area contributed by atoms with Crippen LogP contribution in [0.1, 0.15) is 18.9 Å². The van der Waals surface area contributed by atoms with Crippen molar-refractivity contribution in [2.45, 2.75) is 24.8 Å². The number of ether oxygens (including phenoxy) is 1. The Bertz CT molecular complexity index is 1130. The third-order valence-corrected chi connectivity index (χ3v) is 5.85. The minimum Gasteiger partial charge on any atom is -0.494 e. The highest BCUT2D eigenvalue weighted by Gasteiger charge is 2.06. The Labute approximate surface area is 207 Å². The molecule has 0 bridgehead atoms. The molecule has 3 rings (SSSR count). The molecule has 3 aromatic rings. The second kappa shape index (κ2) is 12.6. The summed E-state index contributed by atoms with van der Waals surface area (Å²) in [6.07, 6.45) is 2.04. The van der Waals surface area contributed by atoms with Gasteiger partial charge in [-0.15, -0.1) is 24.0 Å². The summed E-state index contributed by atoms with van der Waals surface area (Å²) < 4.78 is 29.0. The fourth-order valence-electron chi connectivity index (χ4n) is 3.08. The van der Waals surface area contributed by atoms with E-state index in [1.807, 2.05) is 25.1 Å². The monoisotopic (exact) mass is 567 g/mol. The SMILES string of the molecule is CCNC(=NCc1ccc(S(C)(=O)=O)cc1)NCCCOc1ccc2ccccc2c1.I. The number of rotatable bonds is 9. The van der Waals surface area contributed by atoms with Crippen LogP contribution in [0.3, 0.4) is 0 Å². The number of benzene rings is 3. The van der Waals surface area contributed by atoms with Gasteiger partial charge in [0.25, 0.3) is 0 Å². The summed E-state index contributed by atoms with van der Waals surface area (Å²) in [5.74, 6) is 1.59. The zero-order chi connectivity index (χ0) is 22.1. The van der Waals surface area contributed by atoms with E-state index in [1.54, 1.807) is 24.3 Å². The van der Waals surface area contributed by atoms with Crippen LogP contribution in [-0.2, 0) is 16.4 Å². The van der Waals surface area contributed by atoms with Gasteiger partial charge < -0.3 is 15.4 Å². The Hall–Kier alpha value is -2.33. The first kappa shape index (κ1) is 25.9. The quantitative estimate of drug-likeness (QED) is 0.174.